The van der Waals surface area contributed by atoms with Gasteiger partial charge in [0.05, 0.1) is 6.10 Å². The topological polar surface area (TPSA) is 35.2 Å². The molecule has 0 aromatic heterocycles. The molecule has 0 aliphatic heterocycles. The number of halogens is 2. The van der Waals surface area contributed by atoms with Crippen LogP contribution in [0.1, 0.15) is 25.7 Å². The Morgan fingerprint density at radius 1 is 1.00 bits per heavy atom. The Labute approximate surface area is 93.4 Å². The summed E-state index contributed by atoms with van der Waals surface area (Å²) in [6.07, 6.45) is 3.53. The van der Waals surface area contributed by atoms with Crippen LogP contribution < -0.4 is 10.5 Å². The predicted octanol–water partition coefficient (Wildman–Crippen LogP) is 2.61. The van der Waals surface area contributed by atoms with Crippen molar-refractivity contribution < 1.29 is 13.5 Å². The molecule has 0 saturated heterocycles. The lowest BCUT2D eigenvalue weighted by molar-refractivity contribution is 0.146. The average Bonchev–Trinajstić information content (AvgIpc) is 2.20. The van der Waals surface area contributed by atoms with E-state index in [9.17, 15) is 8.78 Å². The Morgan fingerprint density at radius 3 is 2.12 bits per heavy atom. The van der Waals surface area contributed by atoms with Crippen LogP contribution in [0.5, 0.6) is 5.75 Å². The SMILES string of the molecule is NC1CCC(Oc2cc(F)cc(F)c2)CC1. The van der Waals surface area contributed by atoms with Crippen molar-refractivity contribution in [1.82, 2.24) is 0 Å². The van der Waals surface area contributed by atoms with Crippen molar-refractivity contribution in [3.05, 3.63) is 29.8 Å². The van der Waals surface area contributed by atoms with E-state index in [1.54, 1.807) is 0 Å². The Kier molecular flexibility index (Phi) is 3.39. The normalized spacial score (nSPS) is 25.4. The fourth-order valence-corrected chi connectivity index (χ4v) is 2.00. The molecule has 0 amide bonds. The number of ether oxygens (including phenoxy) is 1. The molecule has 0 unspecified atom stereocenters. The number of hydrogen-bond acceptors (Lipinski definition) is 2. The summed E-state index contributed by atoms with van der Waals surface area (Å²) in [4.78, 5) is 0. The van der Waals surface area contributed by atoms with Crippen molar-refractivity contribution in [3.8, 4) is 5.75 Å². The van der Waals surface area contributed by atoms with Gasteiger partial charge in [0.25, 0.3) is 0 Å². The number of benzene rings is 1. The molecule has 2 nitrogen and oxygen atoms in total. The molecule has 1 aromatic carbocycles. The van der Waals surface area contributed by atoms with Crippen LogP contribution in [0.3, 0.4) is 0 Å². The second kappa shape index (κ2) is 4.78. The van der Waals surface area contributed by atoms with Gasteiger partial charge >= 0.3 is 0 Å². The minimum atomic E-state index is -0.609. The maximum atomic E-state index is 12.9. The molecule has 0 atom stereocenters. The molecular weight excluding hydrogens is 212 g/mol. The highest BCUT2D eigenvalue weighted by Gasteiger charge is 2.20. The summed E-state index contributed by atoms with van der Waals surface area (Å²) in [6, 6.07) is 3.49. The van der Waals surface area contributed by atoms with Gasteiger partial charge in [-0.25, -0.2) is 8.78 Å². The van der Waals surface area contributed by atoms with E-state index in [0.29, 0.717) is 0 Å². The first kappa shape index (κ1) is 11.3. The van der Waals surface area contributed by atoms with Gasteiger partial charge in [-0.15, -0.1) is 0 Å². The van der Waals surface area contributed by atoms with Crippen molar-refractivity contribution in [1.29, 1.82) is 0 Å². The molecule has 0 radical (unpaired) electrons. The van der Waals surface area contributed by atoms with Crippen LogP contribution in [0.2, 0.25) is 0 Å². The number of hydrogen-bond donors (Lipinski definition) is 1. The van der Waals surface area contributed by atoms with Gasteiger partial charge in [0, 0.05) is 24.2 Å². The van der Waals surface area contributed by atoms with Gasteiger partial charge < -0.3 is 10.5 Å². The lowest BCUT2D eigenvalue weighted by Crippen LogP contribution is -2.31. The molecule has 88 valence electrons. The van der Waals surface area contributed by atoms with Crippen LogP contribution in [-0.4, -0.2) is 12.1 Å². The molecule has 0 spiro atoms. The molecule has 2 N–H and O–H groups in total. The maximum absolute atomic E-state index is 12.9. The van der Waals surface area contributed by atoms with Crippen LogP contribution in [0.15, 0.2) is 18.2 Å². The van der Waals surface area contributed by atoms with Gasteiger partial charge in [-0.2, -0.15) is 0 Å². The molecule has 1 saturated carbocycles. The lowest BCUT2D eigenvalue weighted by Gasteiger charge is -2.26. The molecule has 2 rings (SSSR count). The third kappa shape index (κ3) is 2.92. The van der Waals surface area contributed by atoms with Crippen LogP contribution in [-0.2, 0) is 0 Å². The molecule has 1 aliphatic rings. The first-order valence-corrected chi connectivity index (χ1v) is 5.52. The molecule has 4 heteroatoms. The second-order valence-corrected chi connectivity index (χ2v) is 4.26. The summed E-state index contributed by atoms with van der Waals surface area (Å²) in [5, 5.41) is 0. The fraction of sp³-hybridized carbons (Fsp3) is 0.500. The third-order valence-electron chi connectivity index (χ3n) is 2.86. The van der Waals surface area contributed by atoms with E-state index < -0.39 is 11.6 Å². The summed E-state index contributed by atoms with van der Waals surface area (Å²) in [6.45, 7) is 0. The number of nitrogens with two attached hydrogens (primary N) is 1. The van der Waals surface area contributed by atoms with Gasteiger partial charge in [-0.05, 0) is 25.7 Å². The summed E-state index contributed by atoms with van der Waals surface area (Å²) in [5.41, 5.74) is 5.76. The monoisotopic (exact) mass is 227 g/mol. The molecule has 1 fully saturated rings. The van der Waals surface area contributed by atoms with E-state index in [1.165, 1.54) is 12.1 Å². The number of rotatable bonds is 2. The maximum Gasteiger partial charge on any atom is 0.129 e. The Hall–Kier alpha value is -1.16. The Morgan fingerprint density at radius 2 is 1.56 bits per heavy atom. The zero-order chi connectivity index (χ0) is 11.5. The van der Waals surface area contributed by atoms with Gasteiger partial charge in [0.2, 0.25) is 0 Å². The van der Waals surface area contributed by atoms with Crippen LogP contribution in [0.4, 0.5) is 8.78 Å². The predicted molar refractivity (Wildman–Crippen MR) is 57.2 cm³/mol. The van der Waals surface area contributed by atoms with E-state index in [2.05, 4.69) is 0 Å². The highest BCUT2D eigenvalue weighted by Crippen LogP contribution is 2.24. The summed E-state index contributed by atoms with van der Waals surface area (Å²) in [7, 11) is 0. The van der Waals surface area contributed by atoms with Crippen LogP contribution >= 0.6 is 0 Å². The highest BCUT2D eigenvalue weighted by atomic mass is 19.1. The molecule has 16 heavy (non-hydrogen) atoms. The summed E-state index contributed by atoms with van der Waals surface area (Å²) < 4.78 is 31.3. The van der Waals surface area contributed by atoms with E-state index in [4.69, 9.17) is 10.5 Å². The second-order valence-electron chi connectivity index (χ2n) is 4.26. The summed E-state index contributed by atoms with van der Waals surface area (Å²) >= 11 is 0. The molecule has 0 heterocycles. The quantitative estimate of drug-likeness (QED) is 0.842. The largest absolute Gasteiger partial charge is 0.490 e. The Balaban J connectivity index is 1.98. The molecule has 1 aromatic rings. The van der Waals surface area contributed by atoms with Gasteiger partial charge in [-0.3, -0.25) is 0 Å². The molecule has 0 bridgehead atoms. The minimum absolute atomic E-state index is 0.0287. The van der Waals surface area contributed by atoms with Crippen LogP contribution in [0, 0.1) is 11.6 Å². The van der Waals surface area contributed by atoms with E-state index in [1.807, 2.05) is 0 Å². The average molecular weight is 227 g/mol. The zero-order valence-corrected chi connectivity index (χ0v) is 8.96. The zero-order valence-electron chi connectivity index (χ0n) is 8.96. The first-order valence-electron chi connectivity index (χ1n) is 5.52. The Bertz CT molecular complexity index is 342. The van der Waals surface area contributed by atoms with Gasteiger partial charge in [0.1, 0.15) is 17.4 Å². The third-order valence-corrected chi connectivity index (χ3v) is 2.86. The molecule has 1 aliphatic carbocycles. The van der Waals surface area contributed by atoms with Crippen molar-refractivity contribution >= 4 is 0 Å². The smallest absolute Gasteiger partial charge is 0.129 e. The van der Waals surface area contributed by atoms with Crippen LogP contribution in [0.25, 0.3) is 0 Å². The van der Waals surface area contributed by atoms with Crippen molar-refractivity contribution in [2.24, 2.45) is 5.73 Å². The minimum Gasteiger partial charge on any atom is -0.490 e. The lowest BCUT2D eigenvalue weighted by atomic mass is 9.94. The first-order chi connectivity index (χ1) is 7.63. The van der Waals surface area contributed by atoms with Gasteiger partial charge in [0.15, 0.2) is 0 Å². The highest BCUT2D eigenvalue weighted by molar-refractivity contribution is 5.24. The van der Waals surface area contributed by atoms with E-state index >= 15 is 0 Å². The van der Waals surface area contributed by atoms with E-state index in [-0.39, 0.29) is 17.9 Å². The fourth-order valence-electron chi connectivity index (χ4n) is 2.00. The standard InChI is InChI=1S/C12H15F2NO/c13-8-5-9(14)7-12(6-8)16-11-3-1-10(15)2-4-11/h5-7,10-11H,1-4,15H2. The van der Waals surface area contributed by atoms with E-state index in [0.717, 1.165) is 31.7 Å². The van der Waals surface area contributed by atoms with Crippen molar-refractivity contribution in [3.63, 3.8) is 0 Å². The van der Waals surface area contributed by atoms with Crippen molar-refractivity contribution in [2.75, 3.05) is 0 Å². The summed E-state index contributed by atoms with van der Waals surface area (Å²) in [5.74, 6) is -0.956. The molecular formula is C12H15F2NO. The van der Waals surface area contributed by atoms with Crippen molar-refractivity contribution in [2.45, 2.75) is 37.8 Å². The van der Waals surface area contributed by atoms with Gasteiger partial charge in [-0.1, -0.05) is 0 Å².